The summed E-state index contributed by atoms with van der Waals surface area (Å²) in [6.07, 6.45) is 6.48. The van der Waals surface area contributed by atoms with E-state index in [9.17, 15) is 9.90 Å². The summed E-state index contributed by atoms with van der Waals surface area (Å²) < 4.78 is 0. The molecule has 3 aliphatic rings. The molecule has 2 amide bonds. The number of aliphatic hydroxyl groups is 1. The van der Waals surface area contributed by atoms with Crippen LogP contribution in [0.25, 0.3) is 0 Å². The topological polar surface area (TPSA) is 47.0 Å². The summed E-state index contributed by atoms with van der Waals surface area (Å²) >= 11 is 0. The number of hydrogen-bond acceptors (Lipinski definition) is 3. The van der Waals surface area contributed by atoms with Crippen LogP contribution in [0.1, 0.15) is 69.9 Å². The van der Waals surface area contributed by atoms with Crippen molar-refractivity contribution in [3.63, 3.8) is 0 Å². The quantitative estimate of drug-likeness (QED) is 0.613. The van der Waals surface area contributed by atoms with Gasteiger partial charge in [-0.1, -0.05) is 60.7 Å². The summed E-state index contributed by atoms with van der Waals surface area (Å²) in [6.45, 7) is 5.48. The molecule has 0 radical (unpaired) electrons. The second kappa shape index (κ2) is 8.63. The zero-order valence-electron chi connectivity index (χ0n) is 21.8. The number of carbonyl (C=O) groups excluding carboxylic acids is 1. The fourth-order valence-corrected chi connectivity index (χ4v) is 6.81. The van der Waals surface area contributed by atoms with E-state index >= 15 is 0 Å². The first-order valence-electron chi connectivity index (χ1n) is 13.2. The highest BCUT2D eigenvalue weighted by Gasteiger charge is 2.58. The van der Waals surface area contributed by atoms with Gasteiger partial charge in [0.15, 0.2) is 0 Å². The van der Waals surface area contributed by atoms with Crippen LogP contribution in [0, 0.1) is 0 Å². The van der Waals surface area contributed by atoms with Gasteiger partial charge >= 0.3 is 6.03 Å². The monoisotopic (exact) mass is 475 g/mol. The zero-order chi connectivity index (χ0) is 24.9. The van der Waals surface area contributed by atoms with Gasteiger partial charge < -0.3 is 14.9 Å². The Morgan fingerprint density at radius 1 is 0.886 bits per heavy atom. The van der Waals surface area contributed by atoms with Crippen LogP contribution in [0.3, 0.4) is 0 Å². The summed E-state index contributed by atoms with van der Waals surface area (Å²) in [5.41, 5.74) is 1.08. The number of amides is 2. The maximum absolute atomic E-state index is 14.1. The number of carbonyl (C=O) groups is 1. The van der Waals surface area contributed by atoms with Gasteiger partial charge in [-0.25, -0.2) is 4.79 Å². The van der Waals surface area contributed by atoms with Crippen LogP contribution < -0.4 is 0 Å². The molecule has 1 saturated heterocycles. The Morgan fingerprint density at radius 2 is 1.46 bits per heavy atom. The number of benzene rings is 2. The van der Waals surface area contributed by atoms with Gasteiger partial charge in [-0.15, -0.1) is 0 Å². The van der Waals surface area contributed by atoms with Crippen molar-refractivity contribution in [1.82, 2.24) is 14.7 Å². The molecule has 2 aliphatic carbocycles. The molecule has 0 atom stereocenters. The first kappa shape index (κ1) is 24.3. The molecule has 188 valence electrons. The van der Waals surface area contributed by atoms with E-state index in [0.717, 1.165) is 50.5 Å². The van der Waals surface area contributed by atoms with Gasteiger partial charge in [0.1, 0.15) is 0 Å². The van der Waals surface area contributed by atoms with Gasteiger partial charge in [0.25, 0.3) is 0 Å². The van der Waals surface area contributed by atoms with E-state index in [1.54, 1.807) is 0 Å². The van der Waals surface area contributed by atoms with E-state index in [0.29, 0.717) is 13.1 Å². The predicted molar refractivity (Wildman–Crippen MR) is 140 cm³/mol. The fourth-order valence-electron chi connectivity index (χ4n) is 6.81. The number of urea groups is 1. The Bertz CT molecular complexity index is 1040. The summed E-state index contributed by atoms with van der Waals surface area (Å²) in [6, 6.07) is 21.3. The SMILES string of the molecule is CN(C)[C@]1(c2ccccc2)CC[C@]2(CC1)CN(C(C)(C)c1ccccc1)C(=O)N2CC1(O)CCC1. The van der Waals surface area contributed by atoms with Crippen LogP contribution in [0.15, 0.2) is 60.7 Å². The van der Waals surface area contributed by atoms with Gasteiger partial charge in [0.05, 0.1) is 23.2 Å². The minimum Gasteiger partial charge on any atom is -0.388 e. The minimum absolute atomic E-state index is 0.0308. The number of rotatable bonds is 6. The van der Waals surface area contributed by atoms with Gasteiger partial charge in [-0.2, -0.15) is 0 Å². The van der Waals surface area contributed by atoms with E-state index < -0.39 is 11.1 Å². The minimum atomic E-state index is -0.731. The molecule has 0 bridgehead atoms. The molecule has 2 aromatic carbocycles. The van der Waals surface area contributed by atoms with Gasteiger partial charge in [-0.3, -0.25) is 4.90 Å². The lowest BCUT2D eigenvalue weighted by molar-refractivity contribution is -0.0725. The zero-order valence-corrected chi connectivity index (χ0v) is 21.8. The van der Waals surface area contributed by atoms with E-state index in [1.165, 1.54) is 5.56 Å². The molecule has 5 heteroatoms. The molecule has 5 rings (SSSR count). The Balaban J connectivity index is 1.48. The molecule has 0 unspecified atom stereocenters. The molecule has 3 fully saturated rings. The molecule has 5 nitrogen and oxygen atoms in total. The lowest BCUT2D eigenvalue weighted by Gasteiger charge is -2.52. The number of nitrogens with zero attached hydrogens (tertiary/aromatic N) is 3. The molecule has 2 aromatic rings. The van der Waals surface area contributed by atoms with Crippen molar-refractivity contribution in [1.29, 1.82) is 0 Å². The largest absolute Gasteiger partial charge is 0.388 e. The van der Waals surface area contributed by atoms with Gasteiger partial charge in [0, 0.05) is 12.1 Å². The van der Waals surface area contributed by atoms with Gasteiger partial charge in [-0.05, 0) is 84.0 Å². The van der Waals surface area contributed by atoms with Crippen molar-refractivity contribution in [3.05, 3.63) is 71.8 Å². The Labute approximate surface area is 210 Å². The molecule has 1 spiro atoms. The van der Waals surface area contributed by atoms with Crippen molar-refractivity contribution >= 4 is 6.03 Å². The number of hydrogen-bond donors (Lipinski definition) is 1. The molecular formula is C30H41N3O2. The van der Waals surface area contributed by atoms with E-state index in [1.807, 2.05) is 18.2 Å². The normalized spacial score (nSPS) is 28.6. The third kappa shape index (κ3) is 3.97. The lowest BCUT2D eigenvalue weighted by atomic mass is 9.67. The predicted octanol–water partition coefficient (Wildman–Crippen LogP) is 5.34. The second-order valence-electron chi connectivity index (χ2n) is 12.0. The second-order valence-corrected chi connectivity index (χ2v) is 12.0. The van der Waals surface area contributed by atoms with E-state index in [-0.39, 0.29) is 17.1 Å². The van der Waals surface area contributed by atoms with Crippen molar-refractivity contribution < 1.29 is 9.90 Å². The Morgan fingerprint density at radius 3 is 1.97 bits per heavy atom. The molecule has 0 aromatic heterocycles. The van der Waals surface area contributed by atoms with Gasteiger partial charge in [0.2, 0.25) is 0 Å². The third-order valence-corrected chi connectivity index (χ3v) is 9.55. The summed E-state index contributed by atoms with van der Waals surface area (Å²) in [5, 5.41) is 11.2. The van der Waals surface area contributed by atoms with E-state index in [2.05, 4.69) is 85.1 Å². The molecule has 1 aliphatic heterocycles. The molecule has 2 saturated carbocycles. The molecule has 1 heterocycles. The van der Waals surface area contributed by atoms with Crippen molar-refractivity contribution in [2.24, 2.45) is 0 Å². The van der Waals surface area contributed by atoms with Crippen LogP contribution >= 0.6 is 0 Å². The van der Waals surface area contributed by atoms with Crippen LogP contribution in [-0.2, 0) is 11.1 Å². The van der Waals surface area contributed by atoms with E-state index in [4.69, 9.17) is 0 Å². The van der Waals surface area contributed by atoms with Crippen LogP contribution in [0.5, 0.6) is 0 Å². The molecule has 1 N–H and O–H groups in total. The van der Waals surface area contributed by atoms with Crippen LogP contribution in [-0.4, -0.2) is 64.2 Å². The third-order valence-electron chi connectivity index (χ3n) is 9.55. The highest BCUT2D eigenvalue weighted by Crippen LogP contribution is 2.51. The Hall–Kier alpha value is -2.37. The summed E-state index contributed by atoms with van der Waals surface area (Å²) in [4.78, 5) is 20.7. The number of β-amino-alcohol motifs (C(OH)–C–C–N with tert-alkyl or cyclic N) is 1. The summed E-state index contributed by atoms with van der Waals surface area (Å²) in [7, 11) is 4.37. The smallest absolute Gasteiger partial charge is 0.321 e. The Kier molecular flexibility index (Phi) is 6.00. The van der Waals surface area contributed by atoms with Crippen molar-refractivity contribution in [2.75, 3.05) is 27.2 Å². The first-order chi connectivity index (χ1) is 16.6. The average molecular weight is 476 g/mol. The highest BCUT2D eigenvalue weighted by molar-refractivity contribution is 5.79. The van der Waals surface area contributed by atoms with Crippen molar-refractivity contribution in [2.45, 2.75) is 81.0 Å². The van der Waals surface area contributed by atoms with Crippen molar-refractivity contribution in [3.8, 4) is 0 Å². The highest BCUT2D eigenvalue weighted by atomic mass is 16.3. The summed E-state index contributed by atoms with van der Waals surface area (Å²) in [5.74, 6) is 0. The maximum Gasteiger partial charge on any atom is 0.321 e. The first-order valence-corrected chi connectivity index (χ1v) is 13.2. The maximum atomic E-state index is 14.1. The fraction of sp³-hybridized carbons (Fsp3) is 0.567. The van der Waals surface area contributed by atoms with Crippen LogP contribution in [0.2, 0.25) is 0 Å². The molecule has 35 heavy (non-hydrogen) atoms. The molecular weight excluding hydrogens is 434 g/mol. The lowest BCUT2D eigenvalue weighted by Crippen LogP contribution is -2.59. The standard InChI is InChI=1S/C30H41N3O2/c1-27(2,24-12-7-5-8-13-24)32-22-28(33(26(32)34)23-29(35)16-11-17-29)18-20-30(21-19-28,31(3)4)25-14-9-6-10-15-25/h5-10,12-15,35H,11,16-23H2,1-4H3/t28-,30+. The average Bonchev–Trinajstić information content (AvgIpc) is 3.11. The van der Waals surface area contributed by atoms with Crippen LogP contribution in [0.4, 0.5) is 4.79 Å².